The topological polar surface area (TPSA) is 15.3 Å². The first kappa shape index (κ1) is 14.5. The van der Waals surface area contributed by atoms with Gasteiger partial charge < -0.3 is 10.2 Å². The lowest BCUT2D eigenvalue weighted by molar-refractivity contribution is 0.605. The van der Waals surface area contributed by atoms with Gasteiger partial charge in [0, 0.05) is 31.4 Å². The molecule has 20 heavy (non-hydrogen) atoms. The monoisotopic (exact) mass is 276 g/mol. The van der Waals surface area contributed by atoms with Gasteiger partial charge in [-0.2, -0.15) is 0 Å². The van der Waals surface area contributed by atoms with Crippen LogP contribution in [0.1, 0.15) is 11.1 Å². The van der Waals surface area contributed by atoms with Crippen LogP contribution in [-0.4, -0.2) is 14.1 Å². The van der Waals surface area contributed by atoms with Crippen LogP contribution in [0.4, 0.5) is 14.5 Å². The van der Waals surface area contributed by atoms with E-state index in [9.17, 15) is 8.78 Å². The van der Waals surface area contributed by atoms with Crippen LogP contribution >= 0.6 is 0 Å². The van der Waals surface area contributed by atoms with Crippen LogP contribution in [0, 0.1) is 11.6 Å². The van der Waals surface area contributed by atoms with E-state index in [0.717, 1.165) is 11.3 Å². The van der Waals surface area contributed by atoms with E-state index in [1.165, 1.54) is 18.2 Å². The average molecular weight is 276 g/mol. The molecule has 0 amide bonds. The summed E-state index contributed by atoms with van der Waals surface area (Å²) < 4.78 is 26.7. The van der Waals surface area contributed by atoms with E-state index in [2.05, 4.69) is 5.32 Å². The highest BCUT2D eigenvalue weighted by Gasteiger charge is 2.08. The zero-order valence-electron chi connectivity index (χ0n) is 11.7. The number of rotatable bonds is 5. The van der Waals surface area contributed by atoms with E-state index in [1.807, 2.05) is 25.1 Å². The predicted octanol–water partition coefficient (Wildman–Crippen LogP) is 3.32. The zero-order valence-corrected chi connectivity index (χ0v) is 11.7. The maximum absolute atomic E-state index is 13.8. The fourth-order valence-electron chi connectivity index (χ4n) is 2.11. The van der Waals surface area contributed by atoms with Crippen molar-refractivity contribution >= 4 is 5.69 Å². The predicted molar refractivity (Wildman–Crippen MR) is 77.7 cm³/mol. The van der Waals surface area contributed by atoms with Crippen molar-refractivity contribution in [1.29, 1.82) is 0 Å². The number of benzene rings is 2. The molecule has 0 bridgehead atoms. The second-order valence-corrected chi connectivity index (χ2v) is 4.79. The van der Waals surface area contributed by atoms with Gasteiger partial charge in [-0.1, -0.05) is 6.07 Å². The van der Waals surface area contributed by atoms with Crippen molar-refractivity contribution in [1.82, 2.24) is 5.32 Å². The molecule has 0 fully saturated rings. The van der Waals surface area contributed by atoms with Gasteiger partial charge in [-0.25, -0.2) is 8.78 Å². The minimum absolute atomic E-state index is 0.223. The first-order valence-corrected chi connectivity index (χ1v) is 6.49. The van der Waals surface area contributed by atoms with E-state index >= 15 is 0 Å². The Morgan fingerprint density at radius 2 is 1.75 bits per heavy atom. The third kappa shape index (κ3) is 3.54. The lowest BCUT2D eigenvalue weighted by Crippen LogP contribution is -2.17. The van der Waals surface area contributed by atoms with Gasteiger partial charge in [0.2, 0.25) is 0 Å². The molecule has 0 atom stereocenters. The lowest BCUT2D eigenvalue weighted by atomic mass is 10.1. The van der Waals surface area contributed by atoms with Gasteiger partial charge in [-0.15, -0.1) is 0 Å². The molecule has 0 aliphatic carbocycles. The molecule has 2 nitrogen and oxygen atoms in total. The third-order valence-electron chi connectivity index (χ3n) is 3.17. The molecule has 0 heterocycles. The molecule has 106 valence electrons. The summed E-state index contributed by atoms with van der Waals surface area (Å²) in [4.78, 5) is 1.89. The summed E-state index contributed by atoms with van der Waals surface area (Å²) in [5, 5.41) is 3.04. The van der Waals surface area contributed by atoms with E-state index in [1.54, 1.807) is 18.2 Å². The van der Waals surface area contributed by atoms with Crippen molar-refractivity contribution in [2.75, 3.05) is 19.0 Å². The molecular formula is C16H18F2N2. The molecule has 0 unspecified atom stereocenters. The summed E-state index contributed by atoms with van der Waals surface area (Å²) in [5.74, 6) is -0.497. The molecule has 1 N–H and O–H groups in total. The molecule has 0 aliphatic heterocycles. The summed E-state index contributed by atoms with van der Waals surface area (Å²) >= 11 is 0. The number of halogens is 2. The lowest BCUT2D eigenvalue weighted by Gasteiger charge is -2.20. The Bertz CT molecular complexity index is 567. The molecule has 0 aliphatic rings. The van der Waals surface area contributed by atoms with Crippen LogP contribution in [0.25, 0.3) is 0 Å². The van der Waals surface area contributed by atoms with Crippen LogP contribution in [0.3, 0.4) is 0 Å². The molecule has 0 aromatic heterocycles. The van der Waals surface area contributed by atoms with Gasteiger partial charge in [-0.05, 0) is 49.0 Å². The summed E-state index contributed by atoms with van der Waals surface area (Å²) in [7, 11) is 3.71. The molecule has 4 heteroatoms. The van der Waals surface area contributed by atoms with Gasteiger partial charge in [0.1, 0.15) is 11.6 Å². The minimum Gasteiger partial charge on any atom is -0.370 e. The van der Waals surface area contributed by atoms with E-state index in [0.29, 0.717) is 18.7 Å². The van der Waals surface area contributed by atoms with Crippen LogP contribution in [0.15, 0.2) is 42.5 Å². The van der Waals surface area contributed by atoms with Crippen molar-refractivity contribution in [2.24, 2.45) is 0 Å². The van der Waals surface area contributed by atoms with Crippen LogP contribution in [-0.2, 0) is 13.1 Å². The maximum atomic E-state index is 13.8. The summed E-state index contributed by atoms with van der Waals surface area (Å²) in [6.07, 6.45) is 0. The molecule has 0 saturated heterocycles. The van der Waals surface area contributed by atoms with Crippen LogP contribution in [0.2, 0.25) is 0 Å². The van der Waals surface area contributed by atoms with Crippen molar-refractivity contribution in [2.45, 2.75) is 13.1 Å². The third-order valence-corrected chi connectivity index (χ3v) is 3.17. The van der Waals surface area contributed by atoms with Gasteiger partial charge in [0.05, 0.1) is 0 Å². The smallest absolute Gasteiger partial charge is 0.128 e. The Morgan fingerprint density at radius 3 is 2.40 bits per heavy atom. The maximum Gasteiger partial charge on any atom is 0.128 e. The number of nitrogens with one attached hydrogen (secondary N) is 1. The number of anilines is 1. The van der Waals surface area contributed by atoms with Gasteiger partial charge in [0.15, 0.2) is 0 Å². The molecular weight excluding hydrogens is 258 g/mol. The van der Waals surface area contributed by atoms with Crippen molar-refractivity contribution in [3.63, 3.8) is 0 Å². The Morgan fingerprint density at radius 1 is 1.05 bits per heavy atom. The Kier molecular flexibility index (Phi) is 4.69. The first-order valence-electron chi connectivity index (χ1n) is 6.49. The second kappa shape index (κ2) is 6.48. The SMILES string of the molecule is CNCc1ccc(F)c(CN(C)c2ccc(F)cc2)c1. The van der Waals surface area contributed by atoms with Crippen molar-refractivity contribution < 1.29 is 8.78 Å². The van der Waals surface area contributed by atoms with E-state index < -0.39 is 0 Å². The quantitative estimate of drug-likeness (QED) is 0.901. The largest absolute Gasteiger partial charge is 0.370 e. The normalized spacial score (nSPS) is 10.6. The van der Waals surface area contributed by atoms with Crippen LogP contribution < -0.4 is 10.2 Å². The average Bonchev–Trinajstić information content (AvgIpc) is 2.43. The summed E-state index contributed by atoms with van der Waals surface area (Å²) in [5.41, 5.74) is 2.52. The number of hydrogen-bond donors (Lipinski definition) is 1. The van der Waals surface area contributed by atoms with Crippen LogP contribution in [0.5, 0.6) is 0 Å². The Hall–Kier alpha value is -1.94. The highest BCUT2D eigenvalue weighted by atomic mass is 19.1. The Balaban J connectivity index is 2.16. The molecule has 2 aromatic carbocycles. The van der Waals surface area contributed by atoms with E-state index in [4.69, 9.17) is 0 Å². The first-order chi connectivity index (χ1) is 9.60. The van der Waals surface area contributed by atoms with E-state index in [-0.39, 0.29) is 11.6 Å². The molecule has 0 radical (unpaired) electrons. The second-order valence-electron chi connectivity index (χ2n) is 4.79. The standard InChI is InChI=1S/C16H18F2N2/c1-19-10-12-3-8-16(18)13(9-12)11-20(2)15-6-4-14(17)5-7-15/h3-9,19H,10-11H2,1-2H3. The number of hydrogen-bond acceptors (Lipinski definition) is 2. The molecule has 2 aromatic rings. The van der Waals surface area contributed by atoms with Gasteiger partial charge >= 0.3 is 0 Å². The zero-order chi connectivity index (χ0) is 14.5. The van der Waals surface area contributed by atoms with Crippen molar-refractivity contribution in [3.05, 3.63) is 65.2 Å². The Labute approximate surface area is 118 Å². The fourth-order valence-corrected chi connectivity index (χ4v) is 2.11. The van der Waals surface area contributed by atoms with Gasteiger partial charge in [-0.3, -0.25) is 0 Å². The molecule has 0 saturated carbocycles. The highest BCUT2D eigenvalue weighted by Crippen LogP contribution is 2.18. The summed E-state index contributed by atoms with van der Waals surface area (Å²) in [6.45, 7) is 1.14. The molecule has 0 spiro atoms. The summed E-state index contributed by atoms with van der Waals surface area (Å²) in [6, 6.07) is 11.3. The van der Waals surface area contributed by atoms with Gasteiger partial charge in [0.25, 0.3) is 0 Å². The highest BCUT2D eigenvalue weighted by molar-refractivity contribution is 5.46. The number of nitrogens with zero attached hydrogens (tertiary/aromatic N) is 1. The van der Waals surface area contributed by atoms with Crippen molar-refractivity contribution in [3.8, 4) is 0 Å². The fraction of sp³-hybridized carbons (Fsp3) is 0.250. The molecule has 2 rings (SSSR count). The minimum atomic E-state index is -0.274.